The highest BCUT2D eigenvalue weighted by Crippen LogP contribution is 2.56. The molecule has 4 heterocycles. The van der Waals surface area contributed by atoms with Crippen LogP contribution in [0.25, 0.3) is 32.9 Å². The van der Waals surface area contributed by atoms with E-state index in [4.69, 9.17) is 8.83 Å². The van der Waals surface area contributed by atoms with E-state index in [1.165, 1.54) is 61.2 Å². The van der Waals surface area contributed by atoms with Crippen LogP contribution >= 0.6 is 0 Å². The third-order valence-electron chi connectivity index (χ3n) is 21.6. The van der Waals surface area contributed by atoms with E-state index in [9.17, 15) is 0 Å². The highest BCUT2D eigenvalue weighted by Gasteiger charge is 2.51. The number of benzene rings is 8. The summed E-state index contributed by atoms with van der Waals surface area (Å²) in [5.74, 6) is 0. The lowest BCUT2D eigenvalue weighted by Crippen LogP contribution is -2.61. The maximum atomic E-state index is 7.71. The van der Waals surface area contributed by atoms with Gasteiger partial charge in [0, 0.05) is 62.0 Å². The SMILES string of the molecule is CC(C)(C)c1ccc2oc3c(c2c1)N(c1ccc2c(c1)C(C)(C)CCC2(C)C)c1cc(N(c2ccccc2)c2ccc4c(c2)oc2ccccc24)cc2c1B3c1cc3c(cc1N2c1ccc2c(c1)C(C)(C)CCC2(C)C)C(C)(C)CCC3(C)C. The number of furan rings is 2. The molecule has 84 heavy (non-hydrogen) atoms. The second-order valence-corrected chi connectivity index (χ2v) is 30.9. The molecule has 0 spiro atoms. The first-order chi connectivity index (χ1) is 39.7. The standard InChI is InChI=1S/C78H82BN3O2/c1-72(2,3)47-25-32-67-55(39-47)70-71(84-67)79-62-45-60-61(78(14,15)38-37-77(60,12)13)46-63(62)81(49-27-30-56-58(40-49)75(8,9)35-33-73(56,4)5)64-42-52(43-65(69(64)79)82(70)50-28-31-57-59(41-50)76(10,11)36-34-74(57,6)7)80(48-21-17-16-18-22-48)51-26-29-54-53-23-19-20-24-66(53)83-68(54)44-51/h16-32,39-46H,33-38H2,1-15H3. The largest absolute Gasteiger partial charge is 0.468 e. The molecule has 2 aliphatic heterocycles. The highest BCUT2D eigenvalue weighted by atomic mass is 16.3. The van der Waals surface area contributed by atoms with Crippen molar-refractivity contribution in [1.82, 2.24) is 0 Å². The summed E-state index contributed by atoms with van der Waals surface area (Å²) in [5.41, 5.74) is 26.3. The molecule has 2 aromatic heterocycles. The summed E-state index contributed by atoms with van der Waals surface area (Å²) in [6.45, 7) is 36.4. The Morgan fingerprint density at radius 3 is 1.51 bits per heavy atom. The van der Waals surface area contributed by atoms with Gasteiger partial charge in [-0.1, -0.05) is 165 Å². The molecule has 0 saturated heterocycles. The smallest absolute Gasteiger partial charge is 0.297 e. The second-order valence-electron chi connectivity index (χ2n) is 30.9. The second kappa shape index (κ2) is 17.6. The molecule has 0 fully saturated rings. The summed E-state index contributed by atoms with van der Waals surface area (Å²) in [5, 5.41) is 3.38. The minimum absolute atomic E-state index is 0.00869. The third-order valence-corrected chi connectivity index (χ3v) is 21.6. The molecule has 0 atom stereocenters. The van der Waals surface area contributed by atoms with Crippen molar-refractivity contribution in [3.63, 3.8) is 0 Å². The van der Waals surface area contributed by atoms with Crippen LogP contribution in [0.3, 0.4) is 0 Å². The maximum Gasteiger partial charge on any atom is 0.297 e. The Kier molecular flexibility index (Phi) is 11.2. The van der Waals surface area contributed by atoms with Crippen molar-refractivity contribution in [3.8, 4) is 0 Å². The van der Waals surface area contributed by atoms with Crippen molar-refractivity contribution in [2.45, 2.75) is 180 Å². The summed E-state index contributed by atoms with van der Waals surface area (Å²) < 4.78 is 14.5. The van der Waals surface area contributed by atoms with Crippen LogP contribution in [0.5, 0.6) is 0 Å². The van der Waals surface area contributed by atoms with Gasteiger partial charge >= 0.3 is 0 Å². The van der Waals surface area contributed by atoms with Crippen LogP contribution in [-0.4, -0.2) is 6.71 Å². The topological polar surface area (TPSA) is 36.0 Å². The molecule has 15 rings (SSSR count). The van der Waals surface area contributed by atoms with Gasteiger partial charge < -0.3 is 23.5 Å². The Morgan fingerprint density at radius 2 is 0.905 bits per heavy atom. The first-order valence-electron chi connectivity index (χ1n) is 31.3. The van der Waals surface area contributed by atoms with E-state index in [0.29, 0.717) is 0 Å². The Morgan fingerprint density at radius 1 is 0.393 bits per heavy atom. The highest BCUT2D eigenvalue weighted by molar-refractivity contribution is 7.00. The first kappa shape index (κ1) is 53.3. The molecule has 0 amide bonds. The predicted octanol–water partition coefficient (Wildman–Crippen LogP) is 20.2. The van der Waals surface area contributed by atoms with Crippen LogP contribution in [0.4, 0.5) is 51.2 Å². The van der Waals surface area contributed by atoms with Crippen LogP contribution in [-0.2, 0) is 37.9 Å². The number of nitrogens with zero attached hydrogens (tertiary/aromatic N) is 3. The predicted molar refractivity (Wildman–Crippen MR) is 357 cm³/mol. The van der Waals surface area contributed by atoms with Crippen molar-refractivity contribution < 1.29 is 8.83 Å². The van der Waals surface area contributed by atoms with Crippen LogP contribution in [0, 0.1) is 0 Å². The number of rotatable bonds is 5. The average Bonchev–Trinajstić information content (AvgIpc) is 1.18. The van der Waals surface area contributed by atoms with E-state index < -0.39 is 0 Å². The van der Waals surface area contributed by atoms with Gasteiger partial charge in [0.1, 0.15) is 16.7 Å². The van der Waals surface area contributed by atoms with E-state index in [1.807, 2.05) is 0 Å². The minimum Gasteiger partial charge on any atom is -0.468 e. The molecule has 8 aromatic carbocycles. The molecule has 0 unspecified atom stereocenters. The van der Waals surface area contributed by atoms with Gasteiger partial charge in [0.2, 0.25) is 0 Å². The lowest BCUT2D eigenvalue weighted by atomic mass is 9.35. The van der Waals surface area contributed by atoms with Gasteiger partial charge in [-0.05, 0) is 211 Å². The molecule has 0 radical (unpaired) electrons. The van der Waals surface area contributed by atoms with Gasteiger partial charge in [-0.15, -0.1) is 0 Å². The van der Waals surface area contributed by atoms with Crippen molar-refractivity contribution in [2.24, 2.45) is 0 Å². The zero-order valence-corrected chi connectivity index (χ0v) is 52.4. The van der Waals surface area contributed by atoms with Gasteiger partial charge in [-0.2, -0.15) is 0 Å². The first-order valence-corrected chi connectivity index (χ1v) is 31.3. The van der Waals surface area contributed by atoms with Crippen LogP contribution in [0.1, 0.15) is 181 Å². The van der Waals surface area contributed by atoms with E-state index >= 15 is 0 Å². The Bertz CT molecular complexity index is 4400. The fourth-order valence-corrected chi connectivity index (χ4v) is 16.0. The summed E-state index contributed by atoms with van der Waals surface area (Å²) in [6.07, 6.45) is 6.81. The molecule has 0 bridgehead atoms. The van der Waals surface area contributed by atoms with Gasteiger partial charge in [-0.25, -0.2) is 0 Å². The maximum absolute atomic E-state index is 7.71. The fraction of sp³-hybridized carbons (Fsp3) is 0.359. The quantitative estimate of drug-likeness (QED) is 0.161. The number of fused-ring (bicyclic) bond motifs is 12. The Labute approximate surface area is 499 Å². The average molecular weight is 1100 g/mol. The summed E-state index contributed by atoms with van der Waals surface area (Å²) in [4.78, 5) is 7.81. The van der Waals surface area contributed by atoms with Crippen molar-refractivity contribution in [1.29, 1.82) is 0 Å². The fourth-order valence-electron chi connectivity index (χ4n) is 16.0. The summed E-state index contributed by atoms with van der Waals surface area (Å²) in [6, 6.07) is 58.6. The normalized spacial score (nSPS) is 19.1. The van der Waals surface area contributed by atoms with E-state index in [0.717, 1.165) is 117 Å². The molecule has 5 aliphatic rings. The summed E-state index contributed by atoms with van der Waals surface area (Å²) in [7, 11) is 0. The number of para-hydroxylation sites is 2. The molecule has 0 saturated carbocycles. The lowest BCUT2D eigenvalue weighted by molar-refractivity contribution is 0.332. The number of hydrogen-bond acceptors (Lipinski definition) is 5. The van der Waals surface area contributed by atoms with E-state index in [1.54, 1.807) is 0 Å². The molecule has 424 valence electrons. The molecule has 0 N–H and O–H groups in total. The zero-order valence-electron chi connectivity index (χ0n) is 52.4. The van der Waals surface area contributed by atoms with Gasteiger partial charge in [0.05, 0.1) is 17.0 Å². The van der Waals surface area contributed by atoms with Gasteiger partial charge in [0.15, 0.2) is 0 Å². The van der Waals surface area contributed by atoms with Crippen molar-refractivity contribution >= 4 is 107 Å². The Balaban J connectivity index is 1.11. The molecule has 6 heteroatoms. The van der Waals surface area contributed by atoms with Crippen LogP contribution in [0.2, 0.25) is 0 Å². The van der Waals surface area contributed by atoms with Gasteiger partial charge in [0.25, 0.3) is 6.71 Å². The third kappa shape index (κ3) is 7.86. The molecule has 3 aliphatic carbocycles. The van der Waals surface area contributed by atoms with Crippen LogP contribution < -0.4 is 31.3 Å². The minimum atomic E-state index is -0.226. The van der Waals surface area contributed by atoms with E-state index in [-0.39, 0.29) is 44.6 Å². The summed E-state index contributed by atoms with van der Waals surface area (Å²) >= 11 is 0. The van der Waals surface area contributed by atoms with Gasteiger partial charge in [-0.3, -0.25) is 0 Å². The number of hydrogen-bond donors (Lipinski definition) is 0. The van der Waals surface area contributed by atoms with E-state index in [2.05, 4.69) is 270 Å². The molecule has 10 aromatic rings. The zero-order chi connectivity index (χ0) is 58.6. The molecule has 5 nitrogen and oxygen atoms in total. The van der Waals surface area contributed by atoms with Crippen LogP contribution in [0.15, 0.2) is 160 Å². The Hall–Kier alpha value is -7.44. The monoisotopic (exact) mass is 1100 g/mol. The molecular formula is C78H82BN3O2. The molecular weight excluding hydrogens is 1020 g/mol. The van der Waals surface area contributed by atoms with Crippen molar-refractivity contribution in [2.75, 3.05) is 14.7 Å². The van der Waals surface area contributed by atoms with Crippen molar-refractivity contribution in [3.05, 3.63) is 191 Å². The number of anilines is 9. The lowest BCUT2D eigenvalue weighted by Gasteiger charge is -2.47.